The molecule has 0 spiro atoms. The molecule has 0 aliphatic carbocycles. The van der Waals surface area contributed by atoms with Gasteiger partial charge in [0, 0.05) is 30.6 Å². The molecule has 4 rings (SSSR count). The summed E-state index contributed by atoms with van der Waals surface area (Å²) in [7, 11) is -3.28. The van der Waals surface area contributed by atoms with Crippen LogP contribution in [0.3, 0.4) is 0 Å². The van der Waals surface area contributed by atoms with Crippen LogP contribution >= 0.6 is 11.3 Å². The number of fused-ring (bicyclic) bond motifs is 1. The van der Waals surface area contributed by atoms with Crippen LogP contribution in [0.4, 0.5) is 13.2 Å². The number of aromatic nitrogens is 2. The summed E-state index contributed by atoms with van der Waals surface area (Å²) >= 11 is 1.49. The maximum Gasteiger partial charge on any atom is 0.433 e. The molecular formula is C26H28F3N3O3S2. The Balaban J connectivity index is 1.41. The number of hydrogen-bond donors (Lipinski definition) is 0. The molecule has 198 valence electrons. The summed E-state index contributed by atoms with van der Waals surface area (Å²) in [6, 6.07) is 8.87. The first-order valence-electron chi connectivity index (χ1n) is 12.0. The lowest BCUT2D eigenvalue weighted by atomic mass is 10.0. The van der Waals surface area contributed by atoms with Gasteiger partial charge in [0.25, 0.3) is 0 Å². The van der Waals surface area contributed by atoms with Crippen molar-refractivity contribution in [3.63, 3.8) is 0 Å². The number of Topliss-reactive ketones (excluding diaryl/α,β-unsaturated/α-hetero) is 1. The van der Waals surface area contributed by atoms with Crippen molar-refractivity contribution in [3.8, 4) is 0 Å². The Morgan fingerprint density at radius 2 is 1.78 bits per heavy atom. The normalized spacial score (nSPS) is 16.4. The Hall–Kier alpha value is -2.63. The van der Waals surface area contributed by atoms with Crippen LogP contribution < -0.4 is 0 Å². The van der Waals surface area contributed by atoms with E-state index >= 15 is 0 Å². The molecule has 0 saturated carbocycles. The molecule has 0 fully saturated rings. The third-order valence-corrected chi connectivity index (χ3v) is 9.14. The van der Waals surface area contributed by atoms with E-state index in [2.05, 4.69) is 23.7 Å². The van der Waals surface area contributed by atoms with E-state index in [0.717, 1.165) is 27.2 Å². The van der Waals surface area contributed by atoms with Gasteiger partial charge in [-0.3, -0.25) is 14.7 Å². The summed E-state index contributed by atoms with van der Waals surface area (Å²) in [6.07, 6.45) is -2.81. The average Bonchev–Trinajstić information content (AvgIpc) is 3.35. The Morgan fingerprint density at radius 3 is 2.35 bits per heavy atom. The Morgan fingerprint density at radius 1 is 1.11 bits per heavy atom. The standard InChI is InChI=1S/C26H28F3N3O3S2/c1-4-37(34,35)20-8-5-17(6-9-20)11-19(33)12-23-31-24-21(36-23)15-32(25(24)16(2)3)14-18-7-10-22(30-13-18)26(27,28)29/h5-10,13,16,25H,4,11-12,14-15H2,1-3H3/t25-/m1/s1. The summed E-state index contributed by atoms with van der Waals surface area (Å²) in [5, 5.41) is 0.738. The zero-order valence-corrected chi connectivity index (χ0v) is 22.4. The number of ketones is 1. The summed E-state index contributed by atoms with van der Waals surface area (Å²) < 4.78 is 62.4. The number of alkyl halides is 3. The van der Waals surface area contributed by atoms with E-state index in [1.807, 2.05) is 0 Å². The van der Waals surface area contributed by atoms with E-state index in [1.54, 1.807) is 19.1 Å². The van der Waals surface area contributed by atoms with Crippen LogP contribution in [-0.2, 0) is 46.7 Å². The number of carbonyl (C=O) groups excluding carboxylic acids is 1. The lowest BCUT2D eigenvalue weighted by molar-refractivity contribution is -0.141. The molecule has 0 bridgehead atoms. The first kappa shape index (κ1) is 27.4. The highest BCUT2D eigenvalue weighted by molar-refractivity contribution is 7.91. The molecule has 0 N–H and O–H groups in total. The van der Waals surface area contributed by atoms with Gasteiger partial charge in [-0.25, -0.2) is 13.4 Å². The number of pyridine rings is 1. The van der Waals surface area contributed by atoms with Gasteiger partial charge in [0.05, 0.1) is 28.8 Å². The van der Waals surface area contributed by atoms with Crippen LogP contribution in [0, 0.1) is 5.92 Å². The molecule has 11 heteroatoms. The van der Waals surface area contributed by atoms with Gasteiger partial charge in [-0.1, -0.05) is 39.0 Å². The van der Waals surface area contributed by atoms with E-state index in [9.17, 15) is 26.4 Å². The molecule has 1 aromatic carbocycles. The first-order chi connectivity index (χ1) is 17.4. The van der Waals surface area contributed by atoms with Gasteiger partial charge in [-0.05, 0) is 35.2 Å². The van der Waals surface area contributed by atoms with E-state index in [-0.39, 0.29) is 41.2 Å². The molecule has 1 atom stereocenters. The highest BCUT2D eigenvalue weighted by atomic mass is 32.2. The number of sulfone groups is 1. The fraction of sp³-hybridized carbons (Fsp3) is 0.423. The molecule has 1 aliphatic heterocycles. The second-order valence-electron chi connectivity index (χ2n) is 9.50. The molecule has 0 radical (unpaired) electrons. The van der Waals surface area contributed by atoms with Gasteiger partial charge in [-0.15, -0.1) is 11.3 Å². The molecule has 3 aromatic rings. The van der Waals surface area contributed by atoms with Crippen molar-refractivity contribution in [1.82, 2.24) is 14.9 Å². The summed E-state index contributed by atoms with van der Waals surface area (Å²) in [5.41, 5.74) is 1.47. The Bertz CT molecular complexity index is 1370. The third-order valence-electron chi connectivity index (χ3n) is 6.34. The minimum atomic E-state index is -4.46. The SMILES string of the molecule is CCS(=O)(=O)c1ccc(CC(=O)Cc2nc3c(s2)CN(Cc2ccc(C(F)(F)F)nc2)[C@@H]3C(C)C)cc1. The predicted molar refractivity (Wildman–Crippen MR) is 135 cm³/mol. The largest absolute Gasteiger partial charge is 0.433 e. The summed E-state index contributed by atoms with van der Waals surface area (Å²) in [6.45, 7) is 6.80. The zero-order chi connectivity index (χ0) is 27.0. The molecule has 2 aromatic heterocycles. The first-order valence-corrected chi connectivity index (χ1v) is 14.4. The van der Waals surface area contributed by atoms with Crippen molar-refractivity contribution < 1.29 is 26.4 Å². The second-order valence-corrected chi connectivity index (χ2v) is 12.9. The highest BCUT2D eigenvalue weighted by Crippen LogP contribution is 2.42. The van der Waals surface area contributed by atoms with Crippen molar-refractivity contribution in [1.29, 1.82) is 0 Å². The Kier molecular flexibility index (Phi) is 7.87. The fourth-order valence-corrected chi connectivity index (χ4v) is 6.59. The smallest absolute Gasteiger partial charge is 0.299 e. The molecule has 0 amide bonds. The topological polar surface area (TPSA) is 80.2 Å². The third kappa shape index (κ3) is 6.27. The minimum Gasteiger partial charge on any atom is -0.299 e. The second kappa shape index (κ2) is 10.6. The molecule has 37 heavy (non-hydrogen) atoms. The monoisotopic (exact) mass is 551 g/mol. The molecule has 1 aliphatic rings. The fourth-order valence-electron chi connectivity index (χ4n) is 4.54. The number of thiazole rings is 1. The molecule has 6 nitrogen and oxygen atoms in total. The molecule has 0 unspecified atom stereocenters. The van der Waals surface area contributed by atoms with Crippen LogP contribution in [0.1, 0.15) is 59.2 Å². The van der Waals surface area contributed by atoms with Crippen molar-refractivity contribution in [3.05, 3.63) is 75.0 Å². The maximum atomic E-state index is 12.8. The molecule has 0 saturated heterocycles. The van der Waals surface area contributed by atoms with Gasteiger partial charge in [0.2, 0.25) is 0 Å². The average molecular weight is 552 g/mol. The number of nitrogens with zero attached hydrogens (tertiary/aromatic N) is 3. The predicted octanol–water partition coefficient (Wildman–Crippen LogP) is 5.42. The van der Waals surface area contributed by atoms with Crippen molar-refractivity contribution in [2.75, 3.05) is 5.75 Å². The highest BCUT2D eigenvalue weighted by Gasteiger charge is 2.36. The lowest BCUT2D eigenvalue weighted by Crippen LogP contribution is -2.26. The molecule has 3 heterocycles. The van der Waals surface area contributed by atoms with E-state index in [4.69, 9.17) is 4.98 Å². The summed E-state index contributed by atoms with van der Waals surface area (Å²) in [4.78, 5) is 24.6. The van der Waals surface area contributed by atoms with E-state index < -0.39 is 21.7 Å². The van der Waals surface area contributed by atoms with Gasteiger partial charge in [0.15, 0.2) is 9.84 Å². The minimum absolute atomic E-state index is 0.00713. The number of rotatable bonds is 9. The van der Waals surface area contributed by atoms with Crippen LogP contribution in [0.2, 0.25) is 0 Å². The van der Waals surface area contributed by atoms with Crippen LogP contribution in [0.5, 0.6) is 0 Å². The summed E-state index contributed by atoms with van der Waals surface area (Å²) in [5.74, 6) is 0.232. The Labute approximate surface area is 218 Å². The maximum absolute atomic E-state index is 12.8. The number of hydrogen-bond acceptors (Lipinski definition) is 7. The van der Waals surface area contributed by atoms with Crippen molar-refractivity contribution in [2.24, 2.45) is 5.92 Å². The number of halogens is 3. The quantitative estimate of drug-likeness (QED) is 0.354. The number of carbonyl (C=O) groups is 1. The molecular weight excluding hydrogens is 523 g/mol. The van der Waals surface area contributed by atoms with Gasteiger partial charge >= 0.3 is 6.18 Å². The van der Waals surface area contributed by atoms with E-state index in [1.165, 1.54) is 35.7 Å². The van der Waals surface area contributed by atoms with Crippen LogP contribution in [0.15, 0.2) is 47.5 Å². The van der Waals surface area contributed by atoms with Crippen molar-refractivity contribution >= 4 is 27.0 Å². The number of benzene rings is 1. The van der Waals surface area contributed by atoms with Gasteiger partial charge in [-0.2, -0.15) is 13.2 Å². The van der Waals surface area contributed by atoms with Gasteiger partial charge < -0.3 is 0 Å². The van der Waals surface area contributed by atoms with Crippen LogP contribution in [0.25, 0.3) is 0 Å². The van der Waals surface area contributed by atoms with Crippen LogP contribution in [-0.4, -0.2) is 34.8 Å². The lowest BCUT2D eigenvalue weighted by Gasteiger charge is -2.27. The van der Waals surface area contributed by atoms with Gasteiger partial charge in [0.1, 0.15) is 16.5 Å². The van der Waals surface area contributed by atoms with E-state index in [0.29, 0.717) is 18.7 Å². The van der Waals surface area contributed by atoms with Crippen molar-refractivity contribution in [2.45, 2.75) is 63.8 Å². The zero-order valence-electron chi connectivity index (χ0n) is 20.7.